The van der Waals surface area contributed by atoms with Crippen molar-refractivity contribution in [1.82, 2.24) is 5.32 Å². The summed E-state index contributed by atoms with van der Waals surface area (Å²) in [7, 11) is 0. The lowest BCUT2D eigenvalue weighted by atomic mass is 10.1. The molecule has 1 N–H and O–H groups in total. The number of aliphatic imine (C=N–C) groups is 1. The molecule has 0 bridgehead atoms. The molecule has 0 fully saturated rings. The van der Waals surface area contributed by atoms with Crippen molar-refractivity contribution in [1.29, 1.82) is 0 Å². The van der Waals surface area contributed by atoms with Crippen molar-refractivity contribution in [3.05, 3.63) is 47.7 Å². The Labute approximate surface area is 129 Å². The van der Waals surface area contributed by atoms with E-state index in [4.69, 9.17) is 4.42 Å². The average molecular weight is 299 g/mol. The minimum absolute atomic E-state index is 0.0395. The molecular formula is C17H19N2O3-. The molecule has 0 radical (unpaired) electrons. The zero-order valence-electron chi connectivity index (χ0n) is 12.9. The van der Waals surface area contributed by atoms with Crippen LogP contribution in [0.15, 0.2) is 45.8 Å². The van der Waals surface area contributed by atoms with Gasteiger partial charge in [0, 0.05) is 18.2 Å². The molecule has 0 atom stereocenters. The molecule has 1 heterocycles. The molecule has 2 rings (SSSR count). The standard InChI is InChI=1S/C17H20N2O3/c1-4-18-16(20)13-7-5-6-12(10-13)14-8-9-15(22-14)17(21)19-11(2)3/h5-11H,4H2,1-3H3,(H,18,20)(H,19,21)/p-1. The second-order valence-corrected chi connectivity index (χ2v) is 5.15. The molecular weight excluding hydrogens is 280 g/mol. The highest BCUT2D eigenvalue weighted by Crippen LogP contribution is 2.23. The van der Waals surface area contributed by atoms with Crippen LogP contribution >= 0.6 is 0 Å². The first-order valence-electron chi connectivity index (χ1n) is 7.24. The number of hydrogen-bond donors (Lipinski definition) is 1. The van der Waals surface area contributed by atoms with Crippen molar-refractivity contribution >= 4 is 11.8 Å². The van der Waals surface area contributed by atoms with E-state index in [1.807, 2.05) is 26.8 Å². The van der Waals surface area contributed by atoms with Crippen LogP contribution in [-0.2, 0) is 0 Å². The Bertz CT molecular complexity index is 687. The van der Waals surface area contributed by atoms with E-state index < -0.39 is 0 Å². The number of carbonyl (C=O) groups excluding carboxylic acids is 1. The van der Waals surface area contributed by atoms with E-state index in [2.05, 4.69) is 10.3 Å². The molecule has 0 aliphatic heterocycles. The van der Waals surface area contributed by atoms with E-state index in [9.17, 15) is 9.90 Å². The van der Waals surface area contributed by atoms with Gasteiger partial charge < -0.3 is 19.8 Å². The maximum atomic E-state index is 11.9. The minimum Gasteiger partial charge on any atom is -0.858 e. The molecule has 22 heavy (non-hydrogen) atoms. The van der Waals surface area contributed by atoms with Gasteiger partial charge in [0.1, 0.15) is 5.76 Å². The first-order valence-corrected chi connectivity index (χ1v) is 7.24. The number of nitrogens with one attached hydrogen (secondary N) is 1. The summed E-state index contributed by atoms with van der Waals surface area (Å²) in [5.74, 6) is 0.280. The largest absolute Gasteiger partial charge is 0.858 e. The first kappa shape index (κ1) is 15.8. The molecule has 0 saturated carbocycles. The number of amides is 1. The third-order valence-electron chi connectivity index (χ3n) is 2.95. The van der Waals surface area contributed by atoms with Crippen LogP contribution in [0.25, 0.3) is 11.3 Å². The van der Waals surface area contributed by atoms with E-state index in [1.165, 1.54) is 0 Å². The molecule has 1 amide bonds. The van der Waals surface area contributed by atoms with Crippen LogP contribution in [0.1, 0.15) is 36.9 Å². The van der Waals surface area contributed by atoms with Gasteiger partial charge in [-0.3, -0.25) is 4.79 Å². The number of furan rings is 1. The molecule has 0 saturated heterocycles. The Morgan fingerprint density at radius 3 is 2.77 bits per heavy atom. The quantitative estimate of drug-likeness (QED) is 0.679. The van der Waals surface area contributed by atoms with Gasteiger partial charge in [-0.1, -0.05) is 18.2 Å². The highest BCUT2D eigenvalue weighted by Gasteiger charge is 2.13. The second kappa shape index (κ2) is 6.93. The van der Waals surface area contributed by atoms with Crippen LogP contribution in [0.5, 0.6) is 0 Å². The number of benzene rings is 1. The van der Waals surface area contributed by atoms with Gasteiger partial charge in [0.05, 0.1) is 0 Å². The fourth-order valence-electron chi connectivity index (χ4n) is 1.99. The molecule has 1 aromatic carbocycles. The van der Waals surface area contributed by atoms with Gasteiger partial charge in [0.2, 0.25) is 0 Å². The minimum atomic E-state index is -0.256. The van der Waals surface area contributed by atoms with Gasteiger partial charge in [-0.05, 0) is 50.4 Å². The maximum absolute atomic E-state index is 11.9. The Morgan fingerprint density at radius 2 is 2.09 bits per heavy atom. The fraction of sp³-hybridized carbons (Fsp3) is 0.294. The summed E-state index contributed by atoms with van der Waals surface area (Å²) in [4.78, 5) is 15.7. The number of hydrogen-bond acceptors (Lipinski definition) is 4. The summed E-state index contributed by atoms with van der Waals surface area (Å²) in [5.41, 5.74) is 1.24. The molecule has 116 valence electrons. The smallest absolute Gasteiger partial charge is 0.287 e. The van der Waals surface area contributed by atoms with Crippen LogP contribution < -0.4 is 10.4 Å². The number of carbonyl (C=O) groups is 1. The van der Waals surface area contributed by atoms with Gasteiger partial charge in [0.25, 0.3) is 5.91 Å². The van der Waals surface area contributed by atoms with Gasteiger partial charge in [-0.2, -0.15) is 0 Å². The summed E-state index contributed by atoms with van der Waals surface area (Å²) in [6.07, 6.45) is 0. The third-order valence-corrected chi connectivity index (χ3v) is 2.95. The summed E-state index contributed by atoms with van der Waals surface area (Å²) >= 11 is 0. The molecule has 5 heteroatoms. The Balaban J connectivity index is 2.26. The van der Waals surface area contributed by atoms with Crippen molar-refractivity contribution in [2.45, 2.75) is 26.8 Å². The van der Waals surface area contributed by atoms with Crippen molar-refractivity contribution in [2.24, 2.45) is 4.99 Å². The molecule has 0 aliphatic rings. The van der Waals surface area contributed by atoms with E-state index in [-0.39, 0.29) is 23.6 Å². The normalized spacial score (nSPS) is 11.7. The van der Waals surface area contributed by atoms with Gasteiger partial charge in [-0.25, -0.2) is 0 Å². The van der Waals surface area contributed by atoms with Crippen LogP contribution in [0, 0.1) is 0 Å². The summed E-state index contributed by atoms with van der Waals surface area (Å²) in [6.45, 7) is 6.03. The van der Waals surface area contributed by atoms with Crippen molar-refractivity contribution in [2.75, 3.05) is 6.54 Å². The monoisotopic (exact) mass is 299 g/mol. The molecule has 0 unspecified atom stereocenters. The van der Waals surface area contributed by atoms with Crippen LogP contribution in [-0.4, -0.2) is 24.4 Å². The lowest BCUT2D eigenvalue weighted by Crippen LogP contribution is -2.29. The topological polar surface area (TPSA) is 77.7 Å². The van der Waals surface area contributed by atoms with Crippen molar-refractivity contribution in [3.8, 4) is 11.3 Å². The van der Waals surface area contributed by atoms with Gasteiger partial charge in [-0.15, -0.1) is 0 Å². The molecule has 2 aromatic rings. The summed E-state index contributed by atoms with van der Waals surface area (Å²) in [6, 6.07) is 10.4. The Hall–Kier alpha value is -2.56. The SMILES string of the molecule is CCN=C([O-])c1cccc(-c2ccc(C(=O)NC(C)C)o2)c1. The molecule has 5 nitrogen and oxygen atoms in total. The summed E-state index contributed by atoms with van der Waals surface area (Å²) in [5, 5.41) is 14.6. The van der Waals surface area contributed by atoms with E-state index >= 15 is 0 Å². The number of nitrogens with zero attached hydrogens (tertiary/aromatic N) is 1. The van der Waals surface area contributed by atoms with Gasteiger partial charge >= 0.3 is 0 Å². The van der Waals surface area contributed by atoms with E-state index in [1.54, 1.807) is 30.3 Å². The lowest BCUT2D eigenvalue weighted by Gasteiger charge is -2.11. The average Bonchev–Trinajstić information content (AvgIpc) is 2.97. The van der Waals surface area contributed by atoms with E-state index in [0.717, 1.165) is 5.56 Å². The predicted molar refractivity (Wildman–Crippen MR) is 83.8 cm³/mol. The Morgan fingerprint density at radius 1 is 1.32 bits per heavy atom. The van der Waals surface area contributed by atoms with Crippen LogP contribution in [0.3, 0.4) is 0 Å². The predicted octanol–water partition coefficient (Wildman–Crippen LogP) is 2.21. The van der Waals surface area contributed by atoms with Crippen LogP contribution in [0.4, 0.5) is 0 Å². The van der Waals surface area contributed by atoms with Gasteiger partial charge in [0.15, 0.2) is 5.76 Å². The zero-order valence-corrected chi connectivity index (χ0v) is 12.9. The zero-order chi connectivity index (χ0) is 16.1. The molecule has 0 aliphatic carbocycles. The van der Waals surface area contributed by atoms with E-state index in [0.29, 0.717) is 17.9 Å². The maximum Gasteiger partial charge on any atom is 0.287 e. The summed E-state index contributed by atoms with van der Waals surface area (Å²) < 4.78 is 5.57. The fourth-order valence-corrected chi connectivity index (χ4v) is 1.99. The number of rotatable bonds is 5. The van der Waals surface area contributed by atoms with Crippen molar-refractivity contribution < 1.29 is 14.3 Å². The van der Waals surface area contributed by atoms with Crippen molar-refractivity contribution in [3.63, 3.8) is 0 Å². The Kier molecular flexibility index (Phi) is 4.99. The van der Waals surface area contributed by atoms with Crippen LogP contribution in [0.2, 0.25) is 0 Å². The lowest BCUT2D eigenvalue weighted by molar-refractivity contribution is -0.213. The highest BCUT2D eigenvalue weighted by molar-refractivity contribution is 5.93. The highest BCUT2D eigenvalue weighted by atomic mass is 16.3. The molecule has 0 spiro atoms. The third kappa shape index (κ3) is 3.75. The first-order chi connectivity index (χ1) is 10.5. The molecule has 1 aromatic heterocycles. The second-order valence-electron chi connectivity index (χ2n) is 5.15.